The van der Waals surface area contributed by atoms with Crippen LogP contribution in [0.3, 0.4) is 0 Å². The molecule has 0 aromatic carbocycles. The molecular weight excluding hydrogens is 648 g/mol. The van der Waals surface area contributed by atoms with Crippen LogP contribution in [0.25, 0.3) is 0 Å². The number of aliphatic hydroxyl groups excluding tert-OH is 11. The van der Waals surface area contributed by atoms with Gasteiger partial charge in [-0.3, -0.25) is 9.59 Å². The highest BCUT2D eigenvalue weighted by Gasteiger charge is 2.60. The van der Waals surface area contributed by atoms with E-state index in [-0.39, 0.29) is 0 Å². The van der Waals surface area contributed by atoms with Crippen LogP contribution in [0.2, 0.25) is 0 Å². The molecule has 3 saturated heterocycles. The lowest BCUT2D eigenvalue weighted by Crippen LogP contribution is -2.71. The van der Waals surface area contributed by atoms with Crippen molar-refractivity contribution in [1.82, 2.24) is 10.6 Å². The molecular formula is C25H42N2O20. The minimum Gasteiger partial charge on any atom is -0.477 e. The normalized spacial score (nSPS) is 42.3. The zero-order valence-corrected chi connectivity index (χ0v) is 24.8. The number of hydrogen-bond acceptors (Lipinski definition) is 19. The molecule has 3 aliphatic rings. The summed E-state index contributed by atoms with van der Waals surface area (Å²) in [6.45, 7) is -3.07. The van der Waals surface area contributed by atoms with Crippen LogP contribution in [0.4, 0.5) is 0 Å². The van der Waals surface area contributed by atoms with Crippen molar-refractivity contribution in [3.63, 3.8) is 0 Å². The first kappa shape index (κ1) is 39.2. The Morgan fingerprint density at radius 2 is 1.51 bits per heavy atom. The standard InChI is InChI=1S/C25H42N2O20/c1-7(32)26-14-17(38)16(37)10(4-29)44-23(14)45-19-11(5-30)43-22(40)18(39)21(19)47-25(24(41)42)2-8(33)13(27-12(35)6-31)20(46-25)15(36)9(34)3-28/h8-11,13-23,28-31,33-34,36-40H,2-6H2,1H3,(H,26,32)(H,27,35)(H,41,42)/t8-,9+,10+,11+,13+,14+,15+,16-,17+,18+,19-,20+,21+,22?,23-,25-/m0/s1. The monoisotopic (exact) mass is 690 g/mol. The predicted molar refractivity (Wildman–Crippen MR) is 143 cm³/mol. The molecule has 3 aliphatic heterocycles. The summed E-state index contributed by atoms with van der Waals surface area (Å²) in [5.41, 5.74) is 0. The fraction of sp³-hybridized carbons (Fsp3) is 0.880. The Balaban J connectivity index is 2.05. The molecule has 0 spiro atoms. The number of carbonyl (C=O) groups excluding carboxylic acids is 2. The summed E-state index contributed by atoms with van der Waals surface area (Å²) in [7, 11) is 0. The van der Waals surface area contributed by atoms with E-state index < -0.39 is 148 Å². The van der Waals surface area contributed by atoms with E-state index in [0.717, 1.165) is 6.92 Å². The Morgan fingerprint density at radius 3 is 2.04 bits per heavy atom. The highest BCUT2D eigenvalue weighted by Crippen LogP contribution is 2.38. The molecule has 272 valence electrons. The van der Waals surface area contributed by atoms with E-state index in [9.17, 15) is 70.6 Å². The Labute approximate surface area is 265 Å². The molecule has 14 N–H and O–H groups in total. The molecule has 22 nitrogen and oxygen atoms in total. The first-order valence-corrected chi connectivity index (χ1v) is 14.4. The first-order chi connectivity index (χ1) is 22.0. The lowest BCUT2D eigenvalue weighted by molar-refractivity contribution is -0.385. The largest absolute Gasteiger partial charge is 0.477 e. The predicted octanol–water partition coefficient (Wildman–Crippen LogP) is -9.11. The lowest BCUT2D eigenvalue weighted by Gasteiger charge is -2.51. The molecule has 0 aliphatic carbocycles. The Hall–Kier alpha value is -2.23. The van der Waals surface area contributed by atoms with E-state index in [2.05, 4.69) is 10.6 Å². The summed E-state index contributed by atoms with van der Waals surface area (Å²) in [6.07, 6.45) is -26.6. The lowest BCUT2D eigenvalue weighted by atomic mass is 9.88. The minimum atomic E-state index is -3.13. The minimum absolute atomic E-state index is 0.755. The van der Waals surface area contributed by atoms with Crippen molar-refractivity contribution in [3.05, 3.63) is 0 Å². The van der Waals surface area contributed by atoms with Gasteiger partial charge < -0.3 is 95.6 Å². The molecule has 22 heteroatoms. The van der Waals surface area contributed by atoms with Crippen molar-refractivity contribution in [1.29, 1.82) is 0 Å². The number of amides is 2. The van der Waals surface area contributed by atoms with Gasteiger partial charge in [-0.15, -0.1) is 0 Å². The van der Waals surface area contributed by atoms with E-state index in [4.69, 9.17) is 28.8 Å². The van der Waals surface area contributed by atoms with Crippen molar-refractivity contribution in [3.8, 4) is 0 Å². The average Bonchev–Trinajstić information content (AvgIpc) is 3.03. The van der Waals surface area contributed by atoms with Crippen LogP contribution in [0, 0.1) is 0 Å². The van der Waals surface area contributed by atoms with Crippen LogP contribution in [0.5, 0.6) is 0 Å². The van der Waals surface area contributed by atoms with E-state index >= 15 is 0 Å². The molecule has 2 amide bonds. The van der Waals surface area contributed by atoms with Crippen LogP contribution in [-0.2, 0) is 38.1 Å². The van der Waals surface area contributed by atoms with Gasteiger partial charge in [0.2, 0.25) is 11.8 Å². The zero-order valence-electron chi connectivity index (χ0n) is 24.8. The van der Waals surface area contributed by atoms with Gasteiger partial charge in [-0.25, -0.2) is 4.79 Å². The maximum Gasteiger partial charge on any atom is 0.364 e. The fourth-order valence-electron chi connectivity index (χ4n) is 5.56. The second-order valence-electron chi connectivity index (χ2n) is 11.3. The number of aliphatic carboxylic acids is 1. The van der Waals surface area contributed by atoms with Gasteiger partial charge in [-0.1, -0.05) is 0 Å². The number of carboxylic acid groups (broad SMARTS) is 1. The summed E-state index contributed by atoms with van der Waals surface area (Å²) in [5.74, 6) is -7.03. The van der Waals surface area contributed by atoms with Crippen molar-refractivity contribution in [2.75, 3.05) is 26.4 Å². The van der Waals surface area contributed by atoms with Crippen LogP contribution in [0.15, 0.2) is 0 Å². The van der Waals surface area contributed by atoms with Gasteiger partial charge in [0.25, 0.3) is 5.79 Å². The van der Waals surface area contributed by atoms with Crippen molar-refractivity contribution >= 4 is 17.8 Å². The van der Waals surface area contributed by atoms with Crippen LogP contribution < -0.4 is 10.6 Å². The Morgan fingerprint density at radius 1 is 0.872 bits per heavy atom. The first-order valence-electron chi connectivity index (χ1n) is 14.4. The molecule has 3 fully saturated rings. The number of nitrogens with one attached hydrogen (secondary N) is 2. The summed E-state index contributed by atoms with van der Waals surface area (Å²) >= 11 is 0. The van der Waals surface area contributed by atoms with Crippen molar-refractivity contribution in [2.24, 2.45) is 0 Å². The second kappa shape index (κ2) is 16.4. The summed E-state index contributed by atoms with van der Waals surface area (Å²) < 4.78 is 27.7. The number of carboxylic acids is 1. The average molecular weight is 691 g/mol. The van der Waals surface area contributed by atoms with E-state index in [1.54, 1.807) is 0 Å². The van der Waals surface area contributed by atoms with Gasteiger partial charge in [0.15, 0.2) is 12.6 Å². The quantitative estimate of drug-likeness (QED) is 0.0852. The van der Waals surface area contributed by atoms with Gasteiger partial charge in [0.1, 0.15) is 73.7 Å². The zero-order chi connectivity index (χ0) is 35.4. The smallest absolute Gasteiger partial charge is 0.364 e. The summed E-state index contributed by atoms with van der Waals surface area (Å²) in [5, 5.41) is 127. The number of ether oxygens (including phenoxy) is 5. The number of rotatable bonds is 13. The van der Waals surface area contributed by atoms with Crippen molar-refractivity contribution < 1.29 is 99.3 Å². The molecule has 47 heavy (non-hydrogen) atoms. The highest BCUT2D eigenvalue weighted by molar-refractivity contribution is 5.78. The van der Waals surface area contributed by atoms with Gasteiger partial charge >= 0.3 is 5.97 Å². The van der Waals surface area contributed by atoms with Crippen LogP contribution in [0.1, 0.15) is 13.3 Å². The Bertz CT molecular complexity index is 1070. The van der Waals surface area contributed by atoms with E-state index in [1.807, 2.05) is 0 Å². The molecule has 3 heterocycles. The highest BCUT2D eigenvalue weighted by atomic mass is 16.8. The molecule has 0 radical (unpaired) electrons. The molecule has 16 atom stereocenters. The third-order valence-electron chi connectivity index (χ3n) is 7.97. The van der Waals surface area contributed by atoms with Gasteiger partial charge in [-0.2, -0.15) is 0 Å². The molecule has 0 aromatic heterocycles. The second-order valence-corrected chi connectivity index (χ2v) is 11.3. The number of aliphatic hydroxyl groups is 11. The maximum atomic E-state index is 12.8. The molecule has 3 rings (SSSR count). The van der Waals surface area contributed by atoms with Gasteiger partial charge in [0, 0.05) is 13.3 Å². The van der Waals surface area contributed by atoms with E-state index in [0.29, 0.717) is 0 Å². The summed E-state index contributed by atoms with van der Waals surface area (Å²) in [6, 6.07) is -3.31. The number of carbonyl (C=O) groups is 3. The topological polar surface area (TPSA) is 364 Å². The summed E-state index contributed by atoms with van der Waals surface area (Å²) in [4.78, 5) is 36.6. The third-order valence-corrected chi connectivity index (χ3v) is 7.97. The SMILES string of the molecule is CC(=O)N[C@H]1[C@H](O[C@@H]2[C@H](O[C@]3(C(=O)O)C[C@H](O)[C@@H](NC(=O)CO)[C@H]([C@H](O)[C@H](O)CO)O3)[C@@H](O)C(O)O[C@@H]2CO)O[C@H](CO)[C@H](O)[C@@H]1O. The van der Waals surface area contributed by atoms with E-state index in [1.165, 1.54) is 0 Å². The van der Waals surface area contributed by atoms with Crippen molar-refractivity contribution in [2.45, 2.75) is 111 Å². The molecule has 0 bridgehead atoms. The maximum absolute atomic E-state index is 12.8. The van der Waals surface area contributed by atoms with Crippen LogP contribution >= 0.6 is 0 Å². The Kier molecular flexibility index (Phi) is 13.7. The number of hydrogen-bond donors (Lipinski definition) is 14. The fourth-order valence-corrected chi connectivity index (χ4v) is 5.56. The van der Waals surface area contributed by atoms with Crippen LogP contribution in [-0.4, -0.2) is 203 Å². The molecule has 0 aromatic rings. The van der Waals surface area contributed by atoms with Gasteiger partial charge in [0.05, 0.1) is 32.0 Å². The third kappa shape index (κ3) is 8.50. The van der Waals surface area contributed by atoms with Gasteiger partial charge in [-0.05, 0) is 0 Å². The molecule has 0 saturated carbocycles. The molecule has 1 unspecified atom stereocenters.